The van der Waals surface area contributed by atoms with Crippen molar-refractivity contribution in [2.75, 3.05) is 13.6 Å². The van der Waals surface area contributed by atoms with Gasteiger partial charge in [0.15, 0.2) is 0 Å². The second-order valence-corrected chi connectivity index (χ2v) is 4.47. The summed E-state index contributed by atoms with van der Waals surface area (Å²) in [5.74, 6) is -1.28. The van der Waals surface area contributed by atoms with Gasteiger partial charge in [0.05, 0.1) is 12.1 Å². The number of alkyl halides is 2. The maximum absolute atomic E-state index is 13.5. The Labute approximate surface area is 104 Å². The standard InChI is InChI=1S/C13H16F3NO/c1-8(2)9-4-5-11(14)10(6-9)13(18)17(3)7-12(15)16/h4-6,8,12H,7H2,1-3H3. The van der Waals surface area contributed by atoms with Crippen molar-refractivity contribution < 1.29 is 18.0 Å². The summed E-state index contributed by atoms with van der Waals surface area (Å²) in [7, 11) is 1.23. The van der Waals surface area contributed by atoms with Gasteiger partial charge in [-0.3, -0.25) is 4.79 Å². The monoisotopic (exact) mass is 259 g/mol. The molecule has 0 aliphatic heterocycles. The SMILES string of the molecule is CC(C)c1ccc(F)c(C(=O)N(C)CC(F)F)c1. The van der Waals surface area contributed by atoms with Crippen molar-refractivity contribution in [3.8, 4) is 0 Å². The van der Waals surface area contributed by atoms with Crippen molar-refractivity contribution in [2.24, 2.45) is 0 Å². The Kier molecular flexibility index (Phi) is 4.76. The van der Waals surface area contributed by atoms with Gasteiger partial charge >= 0.3 is 0 Å². The van der Waals surface area contributed by atoms with E-state index in [4.69, 9.17) is 0 Å². The minimum absolute atomic E-state index is 0.137. The van der Waals surface area contributed by atoms with Crippen molar-refractivity contribution >= 4 is 5.91 Å². The Bertz CT molecular complexity index is 432. The molecule has 0 saturated heterocycles. The van der Waals surface area contributed by atoms with Gasteiger partial charge in [0.25, 0.3) is 12.3 Å². The summed E-state index contributed by atoms with van der Waals surface area (Å²) in [4.78, 5) is 12.7. The first-order valence-corrected chi connectivity index (χ1v) is 5.66. The zero-order valence-electron chi connectivity index (χ0n) is 10.6. The number of rotatable bonds is 4. The molecule has 0 aromatic heterocycles. The van der Waals surface area contributed by atoms with Gasteiger partial charge in [-0.25, -0.2) is 13.2 Å². The minimum Gasteiger partial charge on any atom is -0.336 e. The van der Waals surface area contributed by atoms with E-state index in [1.165, 1.54) is 19.2 Å². The molecular formula is C13H16F3NO. The third-order valence-corrected chi connectivity index (χ3v) is 2.65. The predicted molar refractivity (Wildman–Crippen MR) is 63.5 cm³/mol. The van der Waals surface area contributed by atoms with E-state index in [0.29, 0.717) is 0 Å². The summed E-state index contributed by atoms with van der Waals surface area (Å²) in [6.07, 6.45) is -2.63. The zero-order chi connectivity index (χ0) is 13.9. The molecule has 1 amide bonds. The van der Waals surface area contributed by atoms with Crippen molar-refractivity contribution in [2.45, 2.75) is 26.2 Å². The Balaban J connectivity index is 3.00. The summed E-state index contributed by atoms with van der Waals surface area (Å²) in [5.41, 5.74) is 0.634. The van der Waals surface area contributed by atoms with Crippen molar-refractivity contribution in [3.05, 3.63) is 35.1 Å². The fraction of sp³-hybridized carbons (Fsp3) is 0.462. The summed E-state index contributed by atoms with van der Waals surface area (Å²) in [6.45, 7) is 3.11. The molecule has 0 radical (unpaired) electrons. The van der Waals surface area contributed by atoms with Gasteiger partial charge in [-0.05, 0) is 23.6 Å². The van der Waals surface area contributed by atoms with Crippen LogP contribution >= 0.6 is 0 Å². The number of amides is 1. The highest BCUT2D eigenvalue weighted by molar-refractivity contribution is 5.94. The molecule has 5 heteroatoms. The van der Waals surface area contributed by atoms with Gasteiger partial charge in [-0.15, -0.1) is 0 Å². The van der Waals surface area contributed by atoms with Crippen LogP contribution in [0.4, 0.5) is 13.2 Å². The predicted octanol–water partition coefficient (Wildman–Crippen LogP) is 3.29. The average molecular weight is 259 g/mol. The average Bonchev–Trinajstić information content (AvgIpc) is 2.27. The van der Waals surface area contributed by atoms with E-state index < -0.39 is 24.7 Å². The summed E-state index contributed by atoms with van der Waals surface area (Å²) in [6, 6.07) is 4.20. The molecule has 0 heterocycles. The molecule has 18 heavy (non-hydrogen) atoms. The molecule has 0 spiro atoms. The van der Waals surface area contributed by atoms with Crippen molar-refractivity contribution in [3.63, 3.8) is 0 Å². The maximum Gasteiger partial charge on any atom is 0.256 e. The number of benzene rings is 1. The first-order chi connectivity index (χ1) is 8.32. The molecule has 0 N–H and O–H groups in total. The van der Waals surface area contributed by atoms with E-state index in [1.54, 1.807) is 6.07 Å². The number of hydrogen-bond acceptors (Lipinski definition) is 1. The number of carbonyl (C=O) groups is 1. The molecule has 0 bridgehead atoms. The van der Waals surface area contributed by atoms with Crippen LogP contribution in [0.15, 0.2) is 18.2 Å². The number of halogens is 3. The lowest BCUT2D eigenvalue weighted by Gasteiger charge is -2.18. The molecule has 1 rings (SSSR count). The van der Waals surface area contributed by atoms with Crippen LogP contribution in [-0.4, -0.2) is 30.8 Å². The third kappa shape index (κ3) is 3.48. The second kappa shape index (κ2) is 5.89. The molecule has 0 saturated carbocycles. The Morgan fingerprint density at radius 3 is 2.44 bits per heavy atom. The summed E-state index contributed by atoms with van der Waals surface area (Å²) >= 11 is 0. The van der Waals surface area contributed by atoms with Crippen LogP contribution in [0.1, 0.15) is 35.7 Å². The number of hydrogen-bond donors (Lipinski definition) is 0. The molecule has 0 fully saturated rings. The molecule has 0 unspecified atom stereocenters. The van der Waals surface area contributed by atoms with Gasteiger partial charge in [-0.2, -0.15) is 0 Å². The molecule has 100 valence electrons. The summed E-state index contributed by atoms with van der Waals surface area (Å²) in [5, 5.41) is 0. The van der Waals surface area contributed by atoms with E-state index in [0.717, 1.165) is 10.5 Å². The lowest BCUT2D eigenvalue weighted by atomic mass is 10.00. The molecule has 0 aliphatic carbocycles. The van der Waals surface area contributed by atoms with Gasteiger partial charge in [-0.1, -0.05) is 19.9 Å². The molecule has 1 aromatic carbocycles. The Morgan fingerprint density at radius 2 is 1.94 bits per heavy atom. The fourth-order valence-corrected chi connectivity index (χ4v) is 1.56. The number of nitrogens with zero attached hydrogens (tertiary/aromatic N) is 1. The third-order valence-electron chi connectivity index (χ3n) is 2.65. The lowest BCUT2D eigenvalue weighted by Crippen LogP contribution is -2.32. The van der Waals surface area contributed by atoms with Gasteiger partial charge in [0, 0.05) is 7.05 Å². The van der Waals surface area contributed by atoms with Crippen molar-refractivity contribution in [1.29, 1.82) is 0 Å². The van der Waals surface area contributed by atoms with Crippen LogP contribution in [-0.2, 0) is 0 Å². The second-order valence-electron chi connectivity index (χ2n) is 4.47. The van der Waals surface area contributed by atoms with Crippen LogP contribution in [0.5, 0.6) is 0 Å². The van der Waals surface area contributed by atoms with E-state index in [1.807, 2.05) is 13.8 Å². The largest absolute Gasteiger partial charge is 0.336 e. The van der Waals surface area contributed by atoms with Crippen LogP contribution in [0.3, 0.4) is 0 Å². The first-order valence-electron chi connectivity index (χ1n) is 5.66. The van der Waals surface area contributed by atoms with Gasteiger partial charge in [0.2, 0.25) is 0 Å². The summed E-state index contributed by atoms with van der Waals surface area (Å²) < 4.78 is 37.9. The normalized spacial score (nSPS) is 11.1. The lowest BCUT2D eigenvalue weighted by molar-refractivity contribution is 0.0616. The van der Waals surface area contributed by atoms with E-state index >= 15 is 0 Å². The fourth-order valence-electron chi connectivity index (χ4n) is 1.56. The maximum atomic E-state index is 13.5. The van der Waals surface area contributed by atoms with Gasteiger partial charge in [0.1, 0.15) is 5.82 Å². The quantitative estimate of drug-likeness (QED) is 0.812. The molecule has 2 nitrogen and oxygen atoms in total. The van der Waals surface area contributed by atoms with E-state index in [2.05, 4.69) is 0 Å². The highest BCUT2D eigenvalue weighted by Crippen LogP contribution is 2.19. The number of carbonyl (C=O) groups excluding carboxylic acids is 1. The first kappa shape index (κ1) is 14.5. The molecule has 0 aliphatic rings. The Morgan fingerprint density at radius 1 is 1.33 bits per heavy atom. The van der Waals surface area contributed by atoms with E-state index in [-0.39, 0.29) is 11.5 Å². The van der Waals surface area contributed by atoms with Crippen LogP contribution in [0.2, 0.25) is 0 Å². The topological polar surface area (TPSA) is 20.3 Å². The van der Waals surface area contributed by atoms with Crippen LogP contribution in [0, 0.1) is 5.82 Å². The van der Waals surface area contributed by atoms with Crippen molar-refractivity contribution in [1.82, 2.24) is 4.90 Å². The zero-order valence-corrected chi connectivity index (χ0v) is 10.6. The molecule has 1 aromatic rings. The molecular weight excluding hydrogens is 243 g/mol. The van der Waals surface area contributed by atoms with Gasteiger partial charge < -0.3 is 4.90 Å². The Hall–Kier alpha value is -1.52. The van der Waals surface area contributed by atoms with E-state index in [9.17, 15) is 18.0 Å². The smallest absolute Gasteiger partial charge is 0.256 e. The highest BCUT2D eigenvalue weighted by atomic mass is 19.3. The highest BCUT2D eigenvalue weighted by Gasteiger charge is 2.19. The van der Waals surface area contributed by atoms with Crippen LogP contribution < -0.4 is 0 Å². The minimum atomic E-state index is -2.63. The van der Waals surface area contributed by atoms with Crippen LogP contribution in [0.25, 0.3) is 0 Å². The molecule has 0 atom stereocenters.